The van der Waals surface area contributed by atoms with E-state index in [1.165, 1.54) is 0 Å². The van der Waals surface area contributed by atoms with Gasteiger partial charge in [-0.25, -0.2) is 8.42 Å². The molecule has 20 heavy (non-hydrogen) atoms. The third kappa shape index (κ3) is 3.59. The fourth-order valence-corrected chi connectivity index (χ4v) is 4.99. The normalized spacial score (nSPS) is 24.7. The molecule has 2 unspecified atom stereocenters. The van der Waals surface area contributed by atoms with Gasteiger partial charge < -0.3 is 5.73 Å². The topological polar surface area (TPSA) is 63.4 Å². The third-order valence-electron chi connectivity index (χ3n) is 4.04. The number of piperidine rings is 1. The Morgan fingerprint density at radius 2 is 1.95 bits per heavy atom. The molecule has 0 spiro atoms. The van der Waals surface area contributed by atoms with E-state index in [-0.39, 0.29) is 17.8 Å². The Bertz CT molecular complexity index is 516. The van der Waals surface area contributed by atoms with Gasteiger partial charge in [0, 0.05) is 18.6 Å². The highest BCUT2D eigenvalue weighted by Crippen LogP contribution is 2.26. The van der Waals surface area contributed by atoms with Gasteiger partial charge in [0.05, 0.1) is 5.75 Å². The summed E-state index contributed by atoms with van der Waals surface area (Å²) in [6.07, 6.45) is 3.43. The molecule has 1 fully saturated rings. The number of aryl methyl sites for hydroxylation is 1. The number of sulfonamides is 1. The van der Waals surface area contributed by atoms with Gasteiger partial charge in [0.25, 0.3) is 0 Å². The van der Waals surface area contributed by atoms with Crippen LogP contribution in [0.2, 0.25) is 0 Å². The van der Waals surface area contributed by atoms with Crippen LogP contribution in [0.15, 0.2) is 30.3 Å². The number of benzene rings is 1. The summed E-state index contributed by atoms with van der Waals surface area (Å²) >= 11 is 0. The summed E-state index contributed by atoms with van der Waals surface area (Å²) in [5, 5.41) is 0. The lowest BCUT2D eigenvalue weighted by Gasteiger charge is -2.39. The largest absolute Gasteiger partial charge is 0.329 e. The minimum atomic E-state index is -3.24. The molecule has 1 saturated heterocycles. The molecule has 0 bridgehead atoms. The monoisotopic (exact) mass is 296 g/mol. The molecule has 2 atom stereocenters. The van der Waals surface area contributed by atoms with Crippen molar-refractivity contribution in [2.24, 2.45) is 5.73 Å². The molecule has 5 heteroatoms. The number of rotatable bonds is 5. The van der Waals surface area contributed by atoms with Gasteiger partial charge in [-0.15, -0.1) is 0 Å². The van der Waals surface area contributed by atoms with Gasteiger partial charge in [-0.1, -0.05) is 36.8 Å². The van der Waals surface area contributed by atoms with E-state index < -0.39 is 10.0 Å². The van der Waals surface area contributed by atoms with Gasteiger partial charge in [-0.05, 0) is 31.7 Å². The Morgan fingerprint density at radius 1 is 1.25 bits per heavy atom. The summed E-state index contributed by atoms with van der Waals surface area (Å²) < 4.78 is 26.9. The zero-order valence-corrected chi connectivity index (χ0v) is 12.8. The Labute approximate surface area is 122 Å². The van der Waals surface area contributed by atoms with Gasteiger partial charge >= 0.3 is 0 Å². The van der Waals surface area contributed by atoms with Crippen LogP contribution < -0.4 is 5.73 Å². The van der Waals surface area contributed by atoms with Crippen molar-refractivity contribution >= 4 is 10.0 Å². The van der Waals surface area contributed by atoms with Crippen LogP contribution in [0.3, 0.4) is 0 Å². The lowest BCUT2D eigenvalue weighted by Crippen LogP contribution is -2.52. The van der Waals surface area contributed by atoms with Crippen LogP contribution in [0.1, 0.15) is 31.7 Å². The number of nitrogens with two attached hydrogens (primary N) is 1. The van der Waals surface area contributed by atoms with Crippen LogP contribution >= 0.6 is 0 Å². The molecule has 1 heterocycles. The Hall–Kier alpha value is -0.910. The van der Waals surface area contributed by atoms with Crippen molar-refractivity contribution in [3.05, 3.63) is 35.9 Å². The SMILES string of the molecule is CC1CCCC(CN)N1S(=O)(=O)CCc1ccccc1. The molecule has 112 valence electrons. The molecule has 0 radical (unpaired) electrons. The van der Waals surface area contributed by atoms with E-state index in [1.54, 1.807) is 4.31 Å². The summed E-state index contributed by atoms with van der Waals surface area (Å²) in [5.41, 5.74) is 6.81. The lowest BCUT2D eigenvalue weighted by atomic mass is 10.00. The highest BCUT2D eigenvalue weighted by molar-refractivity contribution is 7.89. The van der Waals surface area contributed by atoms with Crippen LogP contribution in [0.5, 0.6) is 0 Å². The molecule has 1 aliphatic heterocycles. The highest BCUT2D eigenvalue weighted by Gasteiger charge is 2.35. The van der Waals surface area contributed by atoms with Crippen molar-refractivity contribution in [3.63, 3.8) is 0 Å². The third-order valence-corrected chi connectivity index (χ3v) is 6.06. The van der Waals surface area contributed by atoms with E-state index in [2.05, 4.69) is 0 Å². The zero-order valence-electron chi connectivity index (χ0n) is 12.0. The van der Waals surface area contributed by atoms with Gasteiger partial charge in [0.15, 0.2) is 0 Å². The fraction of sp³-hybridized carbons (Fsp3) is 0.600. The Kier molecular flexibility index (Phi) is 5.18. The van der Waals surface area contributed by atoms with Crippen LogP contribution in [0, 0.1) is 0 Å². The second kappa shape index (κ2) is 6.70. The minimum Gasteiger partial charge on any atom is -0.329 e. The molecule has 0 amide bonds. The summed E-state index contributed by atoms with van der Waals surface area (Å²) in [4.78, 5) is 0. The van der Waals surface area contributed by atoms with Crippen molar-refractivity contribution < 1.29 is 8.42 Å². The fourth-order valence-electron chi connectivity index (χ4n) is 2.98. The maximum atomic E-state index is 12.6. The average molecular weight is 296 g/mol. The molecular formula is C15H24N2O2S. The van der Waals surface area contributed by atoms with E-state index in [0.717, 1.165) is 24.8 Å². The summed E-state index contributed by atoms with van der Waals surface area (Å²) in [6.45, 7) is 2.40. The molecule has 2 N–H and O–H groups in total. The van der Waals surface area contributed by atoms with Crippen LogP contribution in [0.25, 0.3) is 0 Å². The number of nitrogens with zero attached hydrogens (tertiary/aromatic N) is 1. The molecule has 1 aromatic rings. The highest BCUT2D eigenvalue weighted by atomic mass is 32.2. The average Bonchev–Trinajstić information content (AvgIpc) is 2.45. The van der Waals surface area contributed by atoms with E-state index >= 15 is 0 Å². The second-order valence-corrected chi connectivity index (χ2v) is 7.54. The first-order chi connectivity index (χ1) is 9.54. The van der Waals surface area contributed by atoms with Gasteiger partial charge in [-0.2, -0.15) is 4.31 Å². The van der Waals surface area contributed by atoms with Crippen molar-refractivity contribution in [3.8, 4) is 0 Å². The molecule has 4 nitrogen and oxygen atoms in total. The van der Waals surface area contributed by atoms with Gasteiger partial charge in [-0.3, -0.25) is 0 Å². The second-order valence-electron chi connectivity index (χ2n) is 5.55. The summed E-state index contributed by atoms with van der Waals surface area (Å²) in [6, 6.07) is 9.79. The van der Waals surface area contributed by atoms with Crippen molar-refractivity contribution in [2.45, 2.75) is 44.7 Å². The van der Waals surface area contributed by atoms with Crippen LogP contribution in [-0.4, -0.2) is 37.1 Å². The maximum Gasteiger partial charge on any atom is 0.214 e. The summed E-state index contributed by atoms with van der Waals surface area (Å²) in [5.74, 6) is 0.165. The first-order valence-electron chi connectivity index (χ1n) is 7.30. The Balaban J connectivity index is 2.08. The van der Waals surface area contributed by atoms with Gasteiger partial charge in [0.1, 0.15) is 0 Å². The molecule has 1 aliphatic rings. The maximum absolute atomic E-state index is 12.6. The molecule has 0 aliphatic carbocycles. The van der Waals surface area contributed by atoms with Gasteiger partial charge in [0.2, 0.25) is 10.0 Å². The number of hydrogen-bond acceptors (Lipinski definition) is 3. The Morgan fingerprint density at radius 3 is 2.60 bits per heavy atom. The smallest absolute Gasteiger partial charge is 0.214 e. The first kappa shape index (κ1) is 15.5. The predicted molar refractivity (Wildman–Crippen MR) is 81.9 cm³/mol. The van der Waals surface area contributed by atoms with E-state index in [1.807, 2.05) is 37.3 Å². The zero-order chi connectivity index (χ0) is 14.6. The van der Waals surface area contributed by atoms with E-state index in [9.17, 15) is 8.42 Å². The molecule has 2 rings (SSSR count). The molecule has 0 saturated carbocycles. The van der Waals surface area contributed by atoms with E-state index in [4.69, 9.17) is 5.73 Å². The molecular weight excluding hydrogens is 272 g/mol. The van der Waals surface area contributed by atoms with E-state index in [0.29, 0.717) is 13.0 Å². The molecule has 1 aromatic carbocycles. The van der Waals surface area contributed by atoms with Crippen LogP contribution in [0.4, 0.5) is 0 Å². The number of hydrogen-bond donors (Lipinski definition) is 1. The minimum absolute atomic E-state index is 0.0282. The lowest BCUT2D eigenvalue weighted by molar-refractivity contribution is 0.196. The molecule has 0 aromatic heterocycles. The quantitative estimate of drug-likeness (QED) is 0.900. The summed E-state index contributed by atoms with van der Waals surface area (Å²) in [7, 11) is -3.24. The van der Waals surface area contributed by atoms with Crippen molar-refractivity contribution in [2.75, 3.05) is 12.3 Å². The van der Waals surface area contributed by atoms with Crippen molar-refractivity contribution in [1.29, 1.82) is 0 Å². The first-order valence-corrected chi connectivity index (χ1v) is 8.90. The van der Waals surface area contributed by atoms with Crippen LogP contribution in [-0.2, 0) is 16.4 Å². The van der Waals surface area contributed by atoms with Crippen molar-refractivity contribution in [1.82, 2.24) is 4.31 Å². The standard InChI is InChI=1S/C15H24N2O2S/c1-13-6-5-9-15(12-16)17(13)20(18,19)11-10-14-7-3-2-4-8-14/h2-4,7-8,13,15H,5-6,9-12,16H2,1H3. The predicted octanol–water partition coefficient (Wildman–Crippen LogP) is 1.76.